The standard InChI is InChI=1S/C43H72N2O12S/c1-14-31-43(10,51)36(47)25(4)33(44-58-29-18-16-15-17-19-29)23(2)21-41(8,50)38(57-40-34(46)30(45(11)12)20-24(3)53-40)26(5)35(27(6)39(49)55-31)56-32-22-42(9,52-13)37(48)28(7)54-32/h15-19,23-28,30-32,34-38,40,46-48,50-51H,14,20-22H2,1-13H3/b44-33+/t23-,24-,25+,26+,27-,28+,30+,31?,32+,34-,35?,36-,37+,38-,40+,41-,42-,43-/m1/s1. The van der Waals surface area contributed by atoms with Crippen molar-refractivity contribution in [2.45, 2.75) is 184 Å². The van der Waals surface area contributed by atoms with Gasteiger partial charge in [0.15, 0.2) is 12.6 Å². The van der Waals surface area contributed by atoms with Crippen LogP contribution < -0.4 is 0 Å². The molecule has 3 saturated heterocycles. The molecule has 0 saturated carbocycles. The van der Waals surface area contributed by atoms with Crippen LogP contribution in [0.5, 0.6) is 0 Å². The van der Waals surface area contributed by atoms with Crippen LogP contribution in [-0.4, -0.2) is 148 Å². The summed E-state index contributed by atoms with van der Waals surface area (Å²) < 4.78 is 42.8. The van der Waals surface area contributed by atoms with Crippen molar-refractivity contribution >= 4 is 23.6 Å². The van der Waals surface area contributed by atoms with Crippen molar-refractivity contribution in [3.05, 3.63) is 30.3 Å². The molecule has 3 aliphatic rings. The molecule has 0 aromatic heterocycles. The van der Waals surface area contributed by atoms with Crippen LogP contribution >= 0.6 is 11.9 Å². The third kappa shape index (κ3) is 11.0. The van der Waals surface area contributed by atoms with Crippen LogP contribution in [0.1, 0.15) is 94.9 Å². The molecule has 1 aromatic rings. The second-order valence-corrected chi connectivity index (χ2v) is 18.8. The maximum absolute atomic E-state index is 14.4. The number of ether oxygens (including phenoxy) is 6. The SMILES string of the molecule is CCC1OC(=O)[C@H](C)C(O[C@H]2C[C@@](C)(OC)[C@@H](O)[C@H](C)O2)[C@H](C)[C@@H](O[C@@H]2O[C@H](C)C[C@H](N(C)C)[C@H]2O)[C@](C)(O)C[C@@H](C)/C(=N\Sc2ccccc2)[C@H](C)[C@@H](O)[C@]1(C)O. The van der Waals surface area contributed by atoms with E-state index in [-0.39, 0.29) is 31.4 Å². The van der Waals surface area contributed by atoms with Gasteiger partial charge in [0.1, 0.15) is 23.9 Å². The number of likely N-dealkylation sites (N-methyl/N-ethyl adjacent to an activating group) is 1. The topological polar surface area (TPSA) is 189 Å². The molecule has 3 aliphatic heterocycles. The van der Waals surface area contributed by atoms with Gasteiger partial charge < -0.3 is 58.9 Å². The lowest BCUT2D eigenvalue weighted by atomic mass is 9.73. The number of hydrogen-bond donors (Lipinski definition) is 5. The molecule has 0 bridgehead atoms. The molecule has 4 rings (SSSR count). The summed E-state index contributed by atoms with van der Waals surface area (Å²) in [4.78, 5) is 17.1. The number of aliphatic hydroxyl groups is 5. The predicted octanol–water partition coefficient (Wildman–Crippen LogP) is 4.36. The van der Waals surface area contributed by atoms with E-state index in [1.54, 1.807) is 41.5 Å². The van der Waals surface area contributed by atoms with E-state index in [0.717, 1.165) is 4.90 Å². The Kier molecular flexibility index (Phi) is 16.9. The highest BCUT2D eigenvalue weighted by molar-refractivity contribution is 7.98. The molecule has 18 atom stereocenters. The van der Waals surface area contributed by atoms with Crippen molar-refractivity contribution in [2.24, 2.45) is 28.1 Å². The van der Waals surface area contributed by atoms with E-state index in [1.165, 1.54) is 26.0 Å². The summed E-state index contributed by atoms with van der Waals surface area (Å²) in [5, 5.41) is 59.5. The number of benzene rings is 1. The quantitative estimate of drug-likeness (QED) is 0.174. The van der Waals surface area contributed by atoms with Gasteiger partial charge in [0.05, 0.1) is 47.6 Å². The average Bonchev–Trinajstić information content (AvgIpc) is 3.16. The van der Waals surface area contributed by atoms with Gasteiger partial charge >= 0.3 is 5.97 Å². The Hall–Kier alpha value is -1.73. The van der Waals surface area contributed by atoms with Crippen molar-refractivity contribution in [2.75, 3.05) is 21.2 Å². The average molecular weight is 841 g/mol. The first-order chi connectivity index (χ1) is 27.0. The number of hydrogen-bond acceptors (Lipinski definition) is 15. The summed E-state index contributed by atoms with van der Waals surface area (Å²) in [6.07, 6.45) is -9.02. The second kappa shape index (κ2) is 20.0. The molecule has 0 spiro atoms. The van der Waals surface area contributed by atoms with Gasteiger partial charge in [-0.3, -0.25) is 4.79 Å². The molecule has 58 heavy (non-hydrogen) atoms. The number of cyclic esters (lactones) is 1. The van der Waals surface area contributed by atoms with Gasteiger partial charge in [0, 0.05) is 54.0 Å². The third-order valence-corrected chi connectivity index (χ3v) is 13.6. The highest BCUT2D eigenvalue weighted by Gasteiger charge is 2.53. The Labute approximate surface area is 350 Å². The number of rotatable bonds is 9. The molecule has 2 unspecified atom stereocenters. The van der Waals surface area contributed by atoms with Crippen LogP contribution in [0.3, 0.4) is 0 Å². The molecule has 3 heterocycles. The number of esters is 1. The molecule has 1 aromatic carbocycles. The maximum Gasteiger partial charge on any atom is 0.311 e. The summed E-state index contributed by atoms with van der Waals surface area (Å²) in [6.45, 7) is 17.4. The van der Waals surface area contributed by atoms with E-state index in [9.17, 15) is 30.3 Å². The number of methoxy groups -OCH3 is 1. The molecular formula is C43H72N2O12S. The van der Waals surface area contributed by atoms with E-state index in [0.29, 0.717) is 12.1 Å². The van der Waals surface area contributed by atoms with E-state index < -0.39 is 102 Å². The Morgan fingerprint density at radius 2 is 1.55 bits per heavy atom. The van der Waals surface area contributed by atoms with E-state index in [4.69, 9.17) is 32.8 Å². The summed E-state index contributed by atoms with van der Waals surface area (Å²) in [7, 11) is 5.26. The molecule has 3 fully saturated rings. The van der Waals surface area contributed by atoms with Gasteiger partial charge in [-0.2, -0.15) is 0 Å². The van der Waals surface area contributed by atoms with Gasteiger partial charge in [0.25, 0.3) is 0 Å². The van der Waals surface area contributed by atoms with Crippen molar-refractivity contribution in [3.8, 4) is 0 Å². The summed E-state index contributed by atoms with van der Waals surface area (Å²) in [5.74, 6) is -3.81. The minimum Gasteiger partial charge on any atom is -0.459 e. The van der Waals surface area contributed by atoms with Crippen LogP contribution in [-0.2, 0) is 33.2 Å². The zero-order valence-corrected chi connectivity index (χ0v) is 37.6. The van der Waals surface area contributed by atoms with Crippen molar-refractivity contribution < 1.29 is 58.7 Å². The number of nitrogens with zero attached hydrogens (tertiary/aromatic N) is 2. The Balaban J connectivity index is 1.89. The fraction of sp³-hybridized carbons (Fsp3) is 0.814. The first-order valence-electron chi connectivity index (χ1n) is 20.8. The lowest BCUT2D eigenvalue weighted by Gasteiger charge is -2.49. The lowest BCUT2D eigenvalue weighted by molar-refractivity contribution is -0.317. The van der Waals surface area contributed by atoms with Gasteiger partial charge in [0.2, 0.25) is 0 Å². The fourth-order valence-corrected chi connectivity index (χ4v) is 10.0. The number of carbonyl (C=O) groups is 1. The van der Waals surface area contributed by atoms with Gasteiger partial charge in [-0.15, -0.1) is 0 Å². The minimum atomic E-state index is -1.91. The van der Waals surface area contributed by atoms with Gasteiger partial charge in [-0.1, -0.05) is 45.9 Å². The largest absolute Gasteiger partial charge is 0.459 e. The zero-order chi connectivity index (χ0) is 43.5. The van der Waals surface area contributed by atoms with Crippen LogP contribution in [0.4, 0.5) is 0 Å². The van der Waals surface area contributed by atoms with E-state index in [2.05, 4.69) is 0 Å². The summed E-state index contributed by atoms with van der Waals surface area (Å²) in [6, 6.07) is 9.23. The second-order valence-electron chi connectivity index (χ2n) is 18.0. The van der Waals surface area contributed by atoms with Gasteiger partial charge in [-0.05, 0) is 93.0 Å². The lowest BCUT2D eigenvalue weighted by Crippen LogP contribution is -2.61. The molecule has 0 radical (unpaired) electrons. The molecule has 0 aliphatic carbocycles. The Morgan fingerprint density at radius 3 is 2.14 bits per heavy atom. The highest BCUT2D eigenvalue weighted by atomic mass is 32.2. The molecule has 332 valence electrons. The molecule has 0 amide bonds. The smallest absolute Gasteiger partial charge is 0.311 e. The van der Waals surface area contributed by atoms with Crippen LogP contribution in [0.25, 0.3) is 0 Å². The van der Waals surface area contributed by atoms with Crippen LogP contribution in [0.2, 0.25) is 0 Å². The fourth-order valence-electron chi connectivity index (χ4n) is 9.18. The van der Waals surface area contributed by atoms with Crippen LogP contribution in [0, 0.1) is 23.7 Å². The van der Waals surface area contributed by atoms with Gasteiger partial charge in [-0.25, -0.2) is 4.40 Å². The zero-order valence-electron chi connectivity index (χ0n) is 36.8. The first-order valence-corrected chi connectivity index (χ1v) is 21.6. The molecule has 14 nitrogen and oxygen atoms in total. The molecule has 15 heteroatoms. The number of aliphatic hydroxyl groups excluding tert-OH is 3. The summed E-state index contributed by atoms with van der Waals surface area (Å²) in [5.41, 5.74) is -4.14. The van der Waals surface area contributed by atoms with Crippen LogP contribution in [0.15, 0.2) is 39.6 Å². The Morgan fingerprint density at radius 1 is 0.914 bits per heavy atom. The Bertz CT molecular complexity index is 1500. The van der Waals surface area contributed by atoms with Crippen molar-refractivity contribution in [3.63, 3.8) is 0 Å². The maximum atomic E-state index is 14.4. The third-order valence-electron chi connectivity index (χ3n) is 12.9. The van der Waals surface area contributed by atoms with E-state index >= 15 is 0 Å². The highest BCUT2D eigenvalue weighted by Crippen LogP contribution is 2.41. The predicted molar refractivity (Wildman–Crippen MR) is 221 cm³/mol. The minimum absolute atomic E-state index is 0.0541. The van der Waals surface area contributed by atoms with E-state index in [1.807, 2.05) is 70.1 Å². The number of carbonyl (C=O) groups excluding carboxylic acids is 1. The molecular weight excluding hydrogens is 769 g/mol. The normalized spacial score (nSPS) is 45.8. The molecule has 5 N–H and O–H groups in total. The first kappa shape index (κ1) is 48.9. The summed E-state index contributed by atoms with van der Waals surface area (Å²) >= 11 is 1.22. The van der Waals surface area contributed by atoms with Crippen molar-refractivity contribution in [1.82, 2.24) is 4.90 Å². The monoisotopic (exact) mass is 840 g/mol. The van der Waals surface area contributed by atoms with Crippen molar-refractivity contribution in [1.29, 1.82) is 0 Å².